The van der Waals surface area contributed by atoms with E-state index in [2.05, 4.69) is 10.2 Å². The quantitative estimate of drug-likeness (QED) is 0.891. The number of rotatable bonds is 4. The molecule has 0 aliphatic heterocycles. The van der Waals surface area contributed by atoms with Crippen LogP contribution >= 0.6 is 11.6 Å². The maximum Gasteiger partial charge on any atom is 0.145 e. The highest BCUT2D eigenvalue weighted by molar-refractivity contribution is 6.30. The van der Waals surface area contributed by atoms with Crippen LogP contribution in [0.1, 0.15) is 12.8 Å². The third kappa shape index (κ3) is 2.43. The largest absolute Gasteiger partial charge is 0.493 e. The molecule has 0 unspecified atom stereocenters. The van der Waals surface area contributed by atoms with Gasteiger partial charge in [-0.25, -0.2) is 0 Å². The third-order valence-electron chi connectivity index (χ3n) is 3.00. The first-order valence-electron chi connectivity index (χ1n) is 5.96. The highest BCUT2D eigenvalue weighted by atomic mass is 35.5. The van der Waals surface area contributed by atoms with Crippen LogP contribution in [0.5, 0.6) is 5.75 Å². The molecule has 1 aliphatic carbocycles. The number of hydrogen-bond donors (Lipinski definition) is 2. The number of H-pyrrole nitrogens is 1. The van der Waals surface area contributed by atoms with Crippen molar-refractivity contribution in [2.75, 3.05) is 12.3 Å². The predicted molar refractivity (Wildman–Crippen MR) is 71.7 cm³/mol. The number of benzene rings is 1. The van der Waals surface area contributed by atoms with Crippen molar-refractivity contribution < 1.29 is 4.74 Å². The lowest BCUT2D eigenvalue weighted by Crippen LogP contribution is -2.00. The van der Waals surface area contributed by atoms with Crippen molar-refractivity contribution in [3.63, 3.8) is 0 Å². The molecule has 5 heteroatoms. The molecule has 3 N–H and O–H groups in total. The summed E-state index contributed by atoms with van der Waals surface area (Å²) in [6, 6.07) is 7.34. The summed E-state index contributed by atoms with van der Waals surface area (Å²) < 4.78 is 5.83. The molecule has 0 bridgehead atoms. The van der Waals surface area contributed by atoms with Crippen molar-refractivity contribution in [1.82, 2.24) is 10.2 Å². The van der Waals surface area contributed by atoms with Gasteiger partial charge in [-0.2, -0.15) is 5.10 Å². The lowest BCUT2D eigenvalue weighted by atomic mass is 10.1. The zero-order chi connectivity index (χ0) is 12.5. The Morgan fingerprint density at radius 3 is 2.89 bits per heavy atom. The maximum atomic E-state index is 6.03. The Bertz CT molecular complexity index is 563. The lowest BCUT2D eigenvalue weighted by Gasteiger charge is -2.10. The molecule has 1 heterocycles. The number of ether oxygens (including phenoxy) is 1. The topological polar surface area (TPSA) is 63.9 Å². The van der Waals surface area contributed by atoms with Crippen LogP contribution in [0, 0.1) is 5.92 Å². The molecule has 0 amide bonds. The molecule has 1 aromatic heterocycles. The normalized spacial score (nSPS) is 14.7. The van der Waals surface area contributed by atoms with E-state index < -0.39 is 0 Å². The second-order valence-electron chi connectivity index (χ2n) is 4.60. The van der Waals surface area contributed by atoms with E-state index in [4.69, 9.17) is 22.1 Å². The van der Waals surface area contributed by atoms with Crippen molar-refractivity contribution in [3.05, 3.63) is 29.3 Å². The first-order chi connectivity index (χ1) is 8.72. The molecule has 0 spiro atoms. The number of nitrogen functional groups attached to an aromatic ring is 1. The average molecular weight is 264 g/mol. The number of hydrogen-bond acceptors (Lipinski definition) is 3. The van der Waals surface area contributed by atoms with Gasteiger partial charge in [0.15, 0.2) is 0 Å². The van der Waals surface area contributed by atoms with Gasteiger partial charge in [-0.05, 0) is 37.0 Å². The minimum absolute atomic E-state index is 0.457. The van der Waals surface area contributed by atoms with Crippen LogP contribution in [0.25, 0.3) is 11.3 Å². The van der Waals surface area contributed by atoms with Gasteiger partial charge < -0.3 is 10.5 Å². The monoisotopic (exact) mass is 263 g/mol. The van der Waals surface area contributed by atoms with E-state index >= 15 is 0 Å². The molecular formula is C13H14ClN3O. The Morgan fingerprint density at radius 2 is 2.22 bits per heavy atom. The Hall–Kier alpha value is -1.68. The minimum atomic E-state index is 0.457. The number of nitrogens with two attached hydrogens (primary N) is 1. The van der Waals surface area contributed by atoms with Crippen LogP contribution in [-0.4, -0.2) is 16.8 Å². The van der Waals surface area contributed by atoms with Crippen LogP contribution in [0.2, 0.25) is 5.02 Å². The van der Waals surface area contributed by atoms with Crippen LogP contribution in [0.15, 0.2) is 24.3 Å². The van der Waals surface area contributed by atoms with Gasteiger partial charge in [0.05, 0.1) is 12.3 Å². The Balaban J connectivity index is 1.91. The van der Waals surface area contributed by atoms with E-state index in [-0.39, 0.29) is 0 Å². The van der Waals surface area contributed by atoms with Crippen LogP contribution in [-0.2, 0) is 0 Å². The summed E-state index contributed by atoms with van der Waals surface area (Å²) in [6.45, 7) is 0.762. The third-order valence-corrected chi connectivity index (χ3v) is 3.24. The molecule has 2 aromatic rings. The van der Waals surface area contributed by atoms with Gasteiger partial charge in [-0.3, -0.25) is 5.10 Å². The molecule has 1 aliphatic rings. The van der Waals surface area contributed by atoms with E-state index in [1.165, 1.54) is 12.8 Å². The summed E-state index contributed by atoms with van der Waals surface area (Å²) in [5.74, 6) is 1.98. The fourth-order valence-electron chi connectivity index (χ4n) is 1.81. The Kier molecular flexibility index (Phi) is 2.88. The molecule has 0 radical (unpaired) electrons. The van der Waals surface area contributed by atoms with E-state index in [1.54, 1.807) is 6.07 Å². The van der Waals surface area contributed by atoms with Crippen molar-refractivity contribution >= 4 is 17.4 Å². The van der Waals surface area contributed by atoms with Crippen LogP contribution in [0.3, 0.4) is 0 Å². The van der Waals surface area contributed by atoms with E-state index in [0.29, 0.717) is 16.8 Å². The van der Waals surface area contributed by atoms with Crippen molar-refractivity contribution in [2.24, 2.45) is 5.92 Å². The molecule has 0 atom stereocenters. The molecular weight excluding hydrogens is 250 g/mol. The number of halogens is 1. The lowest BCUT2D eigenvalue weighted by molar-refractivity contribution is 0.301. The molecule has 18 heavy (non-hydrogen) atoms. The summed E-state index contributed by atoms with van der Waals surface area (Å²) >= 11 is 6.03. The zero-order valence-electron chi connectivity index (χ0n) is 9.82. The first-order valence-corrected chi connectivity index (χ1v) is 6.34. The van der Waals surface area contributed by atoms with Gasteiger partial charge in [0.2, 0.25) is 0 Å². The van der Waals surface area contributed by atoms with E-state index in [0.717, 1.165) is 23.6 Å². The summed E-state index contributed by atoms with van der Waals surface area (Å²) in [4.78, 5) is 0. The molecule has 1 saturated carbocycles. The number of nitrogens with zero attached hydrogens (tertiary/aromatic N) is 1. The smallest absolute Gasteiger partial charge is 0.145 e. The summed E-state index contributed by atoms with van der Waals surface area (Å²) in [6.07, 6.45) is 2.53. The number of aromatic nitrogens is 2. The molecule has 4 nitrogen and oxygen atoms in total. The highest BCUT2D eigenvalue weighted by Gasteiger charge is 2.22. The summed E-state index contributed by atoms with van der Waals surface area (Å²) in [7, 11) is 0. The standard InChI is InChI=1S/C13H14ClN3O/c14-9-3-4-12(18-7-8-1-2-8)10(5-9)11-6-13(15)17-16-11/h3-6,8H,1-2,7H2,(H3,15,16,17). The summed E-state index contributed by atoms with van der Waals surface area (Å²) in [5.41, 5.74) is 7.34. The number of anilines is 1. The molecule has 0 saturated heterocycles. The maximum absolute atomic E-state index is 6.03. The van der Waals surface area contributed by atoms with Crippen molar-refractivity contribution in [2.45, 2.75) is 12.8 Å². The molecule has 1 fully saturated rings. The summed E-state index contributed by atoms with van der Waals surface area (Å²) in [5, 5.41) is 7.47. The fourth-order valence-corrected chi connectivity index (χ4v) is 1.98. The van der Waals surface area contributed by atoms with Gasteiger partial charge in [0.25, 0.3) is 0 Å². The van der Waals surface area contributed by atoms with E-state index in [9.17, 15) is 0 Å². The average Bonchev–Trinajstić information content (AvgIpc) is 3.09. The van der Waals surface area contributed by atoms with Crippen LogP contribution in [0.4, 0.5) is 5.82 Å². The predicted octanol–water partition coefficient (Wildman–Crippen LogP) is 3.10. The molecule has 3 rings (SSSR count). The SMILES string of the molecule is Nc1cc(-c2cc(Cl)ccc2OCC2CC2)[nH]n1. The van der Waals surface area contributed by atoms with Gasteiger partial charge >= 0.3 is 0 Å². The van der Waals surface area contributed by atoms with Crippen molar-refractivity contribution in [3.8, 4) is 17.0 Å². The van der Waals surface area contributed by atoms with Gasteiger partial charge in [-0.1, -0.05) is 11.6 Å². The highest BCUT2D eigenvalue weighted by Crippen LogP contribution is 2.35. The first kappa shape index (κ1) is 11.4. The number of nitrogens with one attached hydrogen (secondary N) is 1. The van der Waals surface area contributed by atoms with Gasteiger partial charge in [0, 0.05) is 16.7 Å². The molecule has 1 aromatic carbocycles. The second kappa shape index (κ2) is 4.53. The zero-order valence-corrected chi connectivity index (χ0v) is 10.6. The Morgan fingerprint density at radius 1 is 1.39 bits per heavy atom. The van der Waals surface area contributed by atoms with Gasteiger partial charge in [0.1, 0.15) is 11.6 Å². The second-order valence-corrected chi connectivity index (χ2v) is 5.04. The van der Waals surface area contributed by atoms with Crippen LogP contribution < -0.4 is 10.5 Å². The Labute approximate surface area is 110 Å². The fraction of sp³-hybridized carbons (Fsp3) is 0.308. The van der Waals surface area contributed by atoms with Crippen molar-refractivity contribution in [1.29, 1.82) is 0 Å². The molecule has 94 valence electrons. The van der Waals surface area contributed by atoms with E-state index in [1.807, 2.05) is 18.2 Å². The minimum Gasteiger partial charge on any atom is -0.493 e. The van der Waals surface area contributed by atoms with Gasteiger partial charge in [-0.15, -0.1) is 0 Å². The number of aromatic amines is 1.